The zero-order chi connectivity index (χ0) is 17.2. The van der Waals surface area contributed by atoms with Gasteiger partial charge in [0.25, 0.3) is 5.91 Å². The van der Waals surface area contributed by atoms with Gasteiger partial charge in [-0.3, -0.25) is 9.59 Å². The van der Waals surface area contributed by atoms with Gasteiger partial charge in [-0.05, 0) is 47.9 Å². The van der Waals surface area contributed by atoms with Gasteiger partial charge >= 0.3 is 0 Å². The van der Waals surface area contributed by atoms with Crippen molar-refractivity contribution in [1.82, 2.24) is 10.6 Å². The summed E-state index contributed by atoms with van der Waals surface area (Å²) in [4.78, 5) is 24.4. The third-order valence-electron chi connectivity index (χ3n) is 3.15. The van der Waals surface area contributed by atoms with Crippen molar-refractivity contribution in [1.29, 1.82) is 0 Å². The van der Waals surface area contributed by atoms with Crippen molar-refractivity contribution in [3.63, 3.8) is 0 Å². The minimum absolute atomic E-state index is 0.0765. The molecule has 2 amide bonds. The summed E-state index contributed by atoms with van der Waals surface area (Å²) in [6.07, 6.45) is 1.09. The molecule has 0 atom stereocenters. The summed E-state index contributed by atoms with van der Waals surface area (Å²) in [6, 6.07) is 8.12. The monoisotopic (exact) mass is 366 g/mol. The molecule has 0 spiro atoms. The molecule has 0 aliphatic carbocycles. The number of nitrogens with one attached hydrogen (secondary N) is 2. The molecule has 0 unspecified atom stereocenters. The molecule has 0 aliphatic heterocycles. The summed E-state index contributed by atoms with van der Waals surface area (Å²) in [7, 11) is 0. The van der Waals surface area contributed by atoms with E-state index in [-0.39, 0.29) is 24.1 Å². The molecule has 2 N–H and O–H groups in total. The van der Waals surface area contributed by atoms with Crippen molar-refractivity contribution in [3.05, 3.63) is 52.5 Å². The Morgan fingerprint density at radius 3 is 2.58 bits per heavy atom. The second-order valence-corrected chi connectivity index (χ2v) is 6.97. The number of halogens is 1. The predicted octanol–water partition coefficient (Wildman–Crippen LogP) is 3.31. The molecule has 1 aromatic carbocycles. The van der Waals surface area contributed by atoms with Gasteiger partial charge in [-0.15, -0.1) is 11.8 Å². The molecule has 1 heterocycles. The molecule has 0 saturated carbocycles. The van der Waals surface area contributed by atoms with E-state index in [1.54, 1.807) is 35.3 Å². The van der Waals surface area contributed by atoms with Crippen LogP contribution in [0, 0.1) is 5.82 Å². The number of thiophene rings is 1. The standard InChI is InChI=1S/C17H19FN2O2S2/c18-14-2-4-15(5-3-14)24-10-1-8-19-16(21)6-9-20-17(22)13-7-11-23-12-13/h2-5,7,11-12H,1,6,8-10H2,(H,19,21)(H,20,22). The number of amides is 2. The first kappa shape index (κ1) is 18.5. The van der Waals surface area contributed by atoms with Crippen molar-refractivity contribution < 1.29 is 14.0 Å². The van der Waals surface area contributed by atoms with Crippen molar-refractivity contribution in [3.8, 4) is 0 Å². The first-order chi connectivity index (χ1) is 11.6. The van der Waals surface area contributed by atoms with Crippen LogP contribution in [0.5, 0.6) is 0 Å². The van der Waals surface area contributed by atoms with E-state index in [4.69, 9.17) is 0 Å². The Bertz CT molecular complexity index is 645. The highest BCUT2D eigenvalue weighted by Gasteiger charge is 2.06. The van der Waals surface area contributed by atoms with E-state index in [0.717, 1.165) is 17.1 Å². The van der Waals surface area contributed by atoms with Crippen LogP contribution in [0.2, 0.25) is 0 Å². The predicted molar refractivity (Wildman–Crippen MR) is 96.0 cm³/mol. The van der Waals surface area contributed by atoms with E-state index >= 15 is 0 Å². The van der Waals surface area contributed by atoms with E-state index in [1.165, 1.54) is 23.5 Å². The van der Waals surface area contributed by atoms with Gasteiger partial charge in [0.2, 0.25) is 5.91 Å². The highest BCUT2D eigenvalue weighted by molar-refractivity contribution is 7.99. The van der Waals surface area contributed by atoms with Crippen LogP contribution in [0.4, 0.5) is 4.39 Å². The number of thioether (sulfide) groups is 1. The second-order valence-electron chi connectivity index (χ2n) is 5.02. The summed E-state index contributed by atoms with van der Waals surface area (Å²) in [5, 5.41) is 9.15. The molecule has 4 nitrogen and oxygen atoms in total. The molecule has 2 aromatic rings. The SMILES string of the molecule is O=C(CCNC(=O)c1ccsc1)NCCCSc1ccc(F)cc1. The summed E-state index contributed by atoms with van der Waals surface area (Å²) in [5.74, 6) is 0.380. The first-order valence-electron chi connectivity index (χ1n) is 7.60. The molecule has 1 aromatic heterocycles. The average Bonchev–Trinajstić information content (AvgIpc) is 3.11. The second kappa shape index (κ2) is 10.1. The van der Waals surface area contributed by atoms with E-state index in [9.17, 15) is 14.0 Å². The van der Waals surface area contributed by atoms with Crippen molar-refractivity contribution in [2.75, 3.05) is 18.8 Å². The van der Waals surface area contributed by atoms with Gasteiger partial charge in [0.15, 0.2) is 0 Å². The summed E-state index contributed by atoms with van der Waals surface area (Å²) < 4.78 is 12.8. The molecule has 0 radical (unpaired) electrons. The van der Waals surface area contributed by atoms with Gasteiger partial charge in [-0.25, -0.2) is 4.39 Å². The van der Waals surface area contributed by atoms with Crippen LogP contribution in [-0.2, 0) is 4.79 Å². The molecule has 0 fully saturated rings. The van der Waals surface area contributed by atoms with Gasteiger partial charge in [0, 0.05) is 35.3 Å². The highest BCUT2D eigenvalue weighted by atomic mass is 32.2. The molecule has 0 saturated heterocycles. The molecule has 128 valence electrons. The summed E-state index contributed by atoms with van der Waals surface area (Å²) in [6.45, 7) is 0.913. The van der Waals surface area contributed by atoms with Crippen LogP contribution in [0.1, 0.15) is 23.2 Å². The normalized spacial score (nSPS) is 10.4. The molecule has 0 bridgehead atoms. The van der Waals surface area contributed by atoms with Gasteiger partial charge < -0.3 is 10.6 Å². The zero-order valence-electron chi connectivity index (χ0n) is 13.1. The van der Waals surface area contributed by atoms with E-state index in [1.807, 2.05) is 5.38 Å². The smallest absolute Gasteiger partial charge is 0.252 e. The van der Waals surface area contributed by atoms with Gasteiger partial charge in [-0.2, -0.15) is 11.3 Å². The number of carbonyl (C=O) groups excluding carboxylic acids is 2. The fourth-order valence-electron chi connectivity index (χ4n) is 1.89. The molecule has 2 rings (SSSR count). The highest BCUT2D eigenvalue weighted by Crippen LogP contribution is 2.18. The lowest BCUT2D eigenvalue weighted by atomic mass is 10.3. The molecular formula is C17H19FN2O2S2. The van der Waals surface area contributed by atoms with Gasteiger partial charge in [0.1, 0.15) is 5.82 Å². The molecular weight excluding hydrogens is 347 g/mol. The zero-order valence-corrected chi connectivity index (χ0v) is 14.7. The van der Waals surface area contributed by atoms with Crippen molar-refractivity contribution in [2.24, 2.45) is 0 Å². The van der Waals surface area contributed by atoms with Crippen LogP contribution < -0.4 is 10.6 Å². The van der Waals surface area contributed by atoms with Crippen LogP contribution >= 0.6 is 23.1 Å². The number of benzene rings is 1. The van der Waals surface area contributed by atoms with E-state index in [0.29, 0.717) is 18.7 Å². The number of hydrogen-bond acceptors (Lipinski definition) is 4. The first-order valence-corrected chi connectivity index (χ1v) is 9.53. The Morgan fingerprint density at radius 2 is 1.88 bits per heavy atom. The van der Waals surface area contributed by atoms with Crippen LogP contribution in [-0.4, -0.2) is 30.7 Å². The number of hydrogen-bond donors (Lipinski definition) is 2. The fourth-order valence-corrected chi connectivity index (χ4v) is 3.38. The fraction of sp³-hybridized carbons (Fsp3) is 0.294. The number of carbonyl (C=O) groups is 2. The van der Waals surface area contributed by atoms with Gasteiger partial charge in [-0.1, -0.05) is 0 Å². The Morgan fingerprint density at radius 1 is 1.08 bits per heavy atom. The maximum absolute atomic E-state index is 12.8. The summed E-state index contributed by atoms with van der Waals surface area (Å²) in [5.41, 5.74) is 0.623. The van der Waals surface area contributed by atoms with Crippen LogP contribution in [0.15, 0.2) is 46.0 Å². The lowest BCUT2D eigenvalue weighted by molar-refractivity contribution is -0.120. The third-order valence-corrected chi connectivity index (χ3v) is 4.93. The Hall–Kier alpha value is -1.86. The lowest BCUT2D eigenvalue weighted by Gasteiger charge is -2.06. The quantitative estimate of drug-likeness (QED) is 0.529. The van der Waals surface area contributed by atoms with E-state index in [2.05, 4.69) is 10.6 Å². The minimum atomic E-state index is -0.238. The lowest BCUT2D eigenvalue weighted by Crippen LogP contribution is -2.31. The van der Waals surface area contributed by atoms with Gasteiger partial charge in [0.05, 0.1) is 0 Å². The van der Waals surface area contributed by atoms with Crippen LogP contribution in [0.25, 0.3) is 0 Å². The maximum atomic E-state index is 12.8. The minimum Gasteiger partial charge on any atom is -0.356 e. The van der Waals surface area contributed by atoms with Crippen molar-refractivity contribution in [2.45, 2.75) is 17.7 Å². The molecule has 24 heavy (non-hydrogen) atoms. The maximum Gasteiger partial charge on any atom is 0.252 e. The molecule has 7 heteroatoms. The van der Waals surface area contributed by atoms with Crippen LogP contribution in [0.3, 0.4) is 0 Å². The largest absolute Gasteiger partial charge is 0.356 e. The Kier molecular flexibility index (Phi) is 7.77. The Balaban J connectivity index is 1.50. The Labute approximate surface area is 148 Å². The summed E-state index contributed by atoms with van der Waals surface area (Å²) >= 11 is 3.09. The number of rotatable bonds is 9. The van der Waals surface area contributed by atoms with Crippen molar-refractivity contribution >= 4 is 34.9 Å². The third kappa shape index (κ3) is 6.72. The average molecular weight is 366 g/mol. The molecule has 0 aliphatic rings. The topological polar surface area (TPSA) is 58.2 Å². The van der Waals surface area contributed by atoms with E-state index < -0.39 is 0 Å².